The first-order valence-electron chi connectivity index (χ1n) is 11.1. The number of aryl methyl sites for hydroxylation is 2. The van der Waals surface area contributed by atoms with Crippen molar-refractivity contribution < 1.29 is 0 Å². The van der Waals surface area contributed by atoms with Crippen LogP contribution in [0.4, 0.5) is 10.8 Å². The van der Waals surface area contributed by atoms with Gasteiger partial charge in [0.25, 0.3) is 0 Å². The van der Waals surface area contributed by atoms with E-state index < -0.39 is 0 Å². The fraction of sp³-hybridized carbons (Fsp3) is 0.400. The molecule has 0 radical (unpaired) electrons. The van der Waals surface area contributed by atoms with Gasteiger partial charge in [-0.3, -0.25) is 0 Å². The smallest absolute Gasteiger partial charge is 0.190 e. The van der Waals surface area contributed by atoms with E-state index in [1.807, 2.05) is 23.5 Å². The van der Waals surface area contributed by atoms with Crippen LogP contribution in [0.1, 0.15) is 36.1 Å². The molecule has 0 saturated carbocycles. The molecule has 5 rings (SSSR count). The molecule has 6 heteroatoms. The van der Waals surface area contributed by atoms with E-state index in [1.165, 1.54) is 41.8 Å². The number of halogens is 2. The fourth-order valence-corrected chi connectivity index (χ4v) is 6.50. The first kappa shape index (κ1) is 21.3. The summed E-state index contributed by atoms with van der Waals surface area (Å²) in [5, 5.41) is 2.36. The summed E-state index contributed by atoms with van der Waals surface area (Å²) in [4.78, 5) is 11.4. The van der Waals surface area contributed by atoms with Gasteiger partial charge in [0.05, 0.1) is 5.69 Å². The highest BCUT2D eigenvalue weighted by Crippen LogP contribution is 2.42. The minimum atomic E-state index is 0.612. The van der Waals surface area contributed by atoms with Crippen LogP contribution in [-0.2, 0) is 12.8 Å². The van der Waals surface area contributed by atoms with Gasteiger partial charge in [-0.2, -0.15) is 0 Å². The number of likely N-dealkylation sites (tertiary alicyclic amines) is 1. The summed E-state index contributed by atoms with van der Waals surface area (Å²) in [5.74, 6) is 0. The molecule has 0 N–H and O–H groups in total. The Hall–Kier alpha value is -1.59. The van der Waals surface area contributed by atoms with Crippen molar-refractivity contribution in [2.45, 2.75) is 44.6 Å². The fourth-order valence-electron chi connectivity index (χ4n) is 4.87. The molecule has 2 heterocycles. The Balaban J connectivity index is 1.50. The maximum atomic E-state index is 6.39. The molecule has 1 atom stereocenters. The van der Waals surface area contributed by atoms with Crippen molar-refractivity contribution in [3.8, 4) is 11.3 Å². The maximum absolute atomic E-state index is 6.39. The van der Waals surface area contributed by atoms with Crippen molar-refractivity contribution >= 4 is 45.4 Å². The standard InChI is InChI=1S/C25H27Cl2N3S/c1-29-12-5-4-7-20(29)11-13-30(21-15-18(26)14-19(27)16-21)25-28-24-22-8-3-2-6-17(22)9-10-23(24)31-25/h2-3,6,8,14-16,20H,4-5,7,9-13H2,1H3. The van der Waals surface area contributed by atoms with Crippen LogP contribution in [0.25, 0.3) is 11.3 Å². The molecule has 3 nitrogen and oxygen atoms in total. The molecule has 3 aromatic rings. The van der Waals surface area contributed by atoms with Crippen molar-refractivity contribution in [1.29, 1.82) is 0 Å². The molecule has 1 fully saturated rings. The number of benzene rings is 2. The minimum Gasteiger partial charge on any atom is -0.318 e. The summed E-state index contributed by atoms with van der Waals surface area (Å²) >= 11 is 14.6. The zero-order chi connectivity index (χ0) is 21.4. The zero-order valence-corrected chi connectivity index (χ0v) is 20.1. The van der Waals surface area contributed by atoms with E-state index in [9.17, 15) is 0 Å². The highest BCUT2D eigenvalue weighted by Gasteiger charge is 2.25. The van der Waals surface area contributed by atoms with E-state index in [0.717, 1.165) is 42.3 Å². The van der Waals surface area contributed by atoms with Crippen LogP contribution >= 0.6 is 34.5 Å². The molecule has 1 saturated heterocycles. The van der Waals surface area contributed by atoms with Crippen LogP contribution < -0.4 is 4.90 Å². The monoisotopic (exact) mass is 471 g/mol. The largest absolute Gasteiger partial charge is 0.318 e. The number of nitrogens with zero attached hydrogens (tertiary/aromatic N) is 3. The van der Waals surface area contributed by atoms with Gasteiger partial charge in [-0.15, -0.1) is 11.3 Å². The number of fused-ring (bicyclic) bond motifs is 3. The molecule has 0 bridgehead atoms. The Morgan fingerprint density at radius 1 is 1.10 bits per heavy atom. The van der Waals surface area contributed by atoms with Crippen molar-refractivity contribution in [2.75, 3.05) is 25.0 Å². The molecule has 0 amide bonds. The Morgan fingerprint density at radius 3 is 2.71 bits per heavy atom. The predicted octanol–water partition coefficient (Wildman–Crippen LogP) is 7.23. The van der Waals surface area contributed by atoms with E-state index in [0.29, 0.717) is 16.1 Å². The third-order valence-electron chi connectivity index (χ3n) is 6.58. The molecule has 1 aliphatic heterocycles. The topological polar surface area (TPSA) is 19.4 Å². The summed E-state index contributed by atoms with van der Waals surface area (Å²) in [7, 11) is 2.25. The van der Waals surface area contributed by atoms with E-state index in [-0.39, 0.29) is 0 Å². The third kappa shape index (κ3) is 4.49. The van der Waals surface area contributed by atoms with Crippen molar-refractivity contribution in [2.24, 2.45) is 0 Å². The Kier molecular flexibility index (Phi) is 6.25. The minimum absolute atomic E-state index is 0.612. The first-order valence-corrected chi connectivity index (χ1v) is 12.7. The number of aromatic nitrogens is 1. The highest BCUT2D eigenvalue weighted by molar-refractivity contribution is 7.16. The van der Waals surface area contributed by atoms with Crippen LogP contribution in [0.15, 0.2) is 42.5 Å². The normalized spacial score (nSPS) is 18.5. The van der Waals surface area contributed by atoms with E-state index in [1.54, 1.807) is 6.07 Å². The van der Waals surface area contributed by atoms with Crippen molar-refractivity contribution in [1.82, 2.24) is 9.88 Å². The van der Waals surface area contributed by atoms with Gasteiger partial charge in [-0.25, -0.2) is 4.98 Å². The van der Waals surface area contributed by atoms with E-state index in [4.69, 9.17) is 28.2 Å². The molecule has 1 aromatic heterocycles. The van der Waals surface area contributed by atoms with Crippen LogP contribution in [0.5, 0.6) is 0 Å². The van der Waals surface area contributed by atoms with Gasteiger partial charge in [0.2, 0.25) is 0 Å². The Labute approximate surface area is 198 Å². The number of anilines is 2. The van der Waals surface area contributed by atoms with E-state index >= 15 is 0 Å². The zero-order valence-electron chi connectivity index (χ0n) is 17.8. The number of thiazole rings is 1. The summed E-state index contributed by atoms with van der Waals surface area (Å²) in [6.45, 7) is 2.09. The van der Waals surface area contributed by atoms with E-state index in [2.05, 4.69) is 41.1 Å². The molecule has 2 aromatic carbocycles. The first-order chi connectivity index (χ1) is 15.1. The third-order valence-corrected chi connectivity index (χ3v) is 8.15. The number of piperidine rings is 1. The number of rotatable bonds is 5. The predicted molar refractivity (Wildman–Crippen MR) is 133 cm³/mol. The van der Waals surface area contributed by atoms with Crippen LogP contribution in [-0.4, -0.2) is 36.1 Å². The lowest BCUT2D eigenvalue weighted by Gasteiger charge is -2.34. The summed E-state index contributed by atoms with van der Waals surface area (Å²) in [5.41, 5.74) is 4.85. The molecule has 2 aliphatic rings. The quantitative estimate of drug-likeness (QED) is 0.391. The lowest BCUT2D eigenvalue weighted by Crippen LogP contribution is -2.38. The van der Waals surface area contributed by atoms with Gasteiger partial charge in [-0.05, 0) is 69.5 Å². The van der Waals surface area contributed by atoms with Gasteiger partial charge in [0.15, 0.2) is 5.13 Å². The molecule has 162 valence electrons. The molecule has 31 heavy (non-hydrogen) atoms. The van der Waals surface area contributed by atoms with Crippen LogP contribution in [0.2, 0.25) is 10.0 Å². The summed E-state index contributed by atoms with van der Waals surface area (Å²) in [6.07, 6.45) is 7.13. The van der Waals surface area contributed by atoms with Crippen LogP contribution in [0.3, 0.4) is 0 Å². The lowest BCUT2D eigenvalue weighted by molar-refractivity contribution is 0.178. The highest BCUT2D eigenvalue weighted by atomic mass is 35.5. The average molecular weight is 472 g/mol. The lowest BCUT2D eigenvalue weighted by atomic mass is 9.94. The molecule has 0 spiro atoms. The van der Waals surface area contributed by atoms with Gasteiger partial charge in [0.1, 0.15) is 0 Å². The van der Waals surface area contributed by atoms with Gasteiger partial charge in [0, 0.05) is 38.8 Å². The molecule has 1 aliphatic carbocycles. The van der Waals surface area contributed by atoms with Gasteiger partial charge in [-0.1, -0.05) is 53.9 Å². The second kappa shape index (κ2) is 9.11. The number of hydrogen-bond acceptors (Lipinski definition) is 4. The SMILES string of the molecule is CN1CCCCC1CCN(c1cc(Cl)cc(Cl)c1)c1nc2c(s1)CCc1ccccc1-2. The molecular weight excluding hydrogens is 445 g/mol. The number of hydrogen-bond donors (Lipinski definition) is 0. The average Bonchev–Trinajstić information content (AvgIpc) is 3.19. The maximum Gasteiger partial charge on any atom is 0.190 e. The van der Waals surface area contributed by atoms with Crippen molar-refractivity contribution in [3.63, 3.8) is 0 Å². The second-order valence-corrected chi connectivity index (χ2v) is 10.6. The summed E-state index contributed by atoms with van der Waals surface area (Å²) in [6, 6.07) is 15.1. The van der Waals surface area contributed by atoms with Gasteiger partial charge < -0.3 is 9.80 Å². The molecular formula is C25H27Cl2N3S. The second-order valence-electron chi connectivity index (χ2n) is 8.62. The summed E-state index contributed by atoms with van der Waals surface area (Å²) < 4.78 is 0. The Bertz CT molecular complexity index is 1060. The van der Waals surface area contributed by atoms with Gasteiger partial charge >= 0.3 is 0 Å². The van der Waals surface area contributed by atoms with Crippen molar-refractivity contribution in [3.05, 3.63) is 63.0 Å². The van der Waals surface area contributed by atoms with Crippen LogP contribution in [0, 0.1) is 0 Å². The molecule has 1 unspecified atom stereocenters. The Morgan fingerprint density at radius 2 is 1.90 bits per heavy atom.